The number of aryl methyl sites for hydroxylation is 1. The van der Waals surface area contributed by atoms with Gasteiger partial charge in [0, 0.05) is 26.9 Å². The van der Waals surface area contributed by atoms with E-state index in [2.05, 4.69) is 70.6 Å². The Hall–Kier alpha value is -0.770. The van der Waals surface area contributed by atoms with Crippen LogP contribution < -0.4 is 5.32 Å². The topological polar surface area (TPSA) is 12.0 Å². The largest absolute Gasteiger partial charge is 0.310 e. The first-order valence-corrected chi connectivity index (χ1v) is 8.58. The third kappa shape index (κ3) is 3.87. The molecule has 0 radical (unpaired) electrons. The van der Waals surface area contributed by atoms with E-state index in [0.29, 0.717) is 0 Å². The molecule has 0 heterocycles. The first-order chi connectivity index (χ1) is 9.70. The van der Waals surface area contributed by atoms with Crippen molar-refractivity contribution in [2.75, 3.05) is 0 Å². The summed E-state index contributed by atoms with van der Waals surface area (Å²) in [6.45, 7) is 3.20. The first kappa shape index (κ1) is 14.2. The minimum absolute atomic E-state index is 0.769. The summed E-state index contributed by atoms with van der Waals surface area (Å²) >= 11 is 5.33. The van der Waals surface area contributed by atoms with Crippen LogP contribution in [0.15, 0.2) is 56.7 Å². The second kappa shape index (κ2) is 6.33. The van der Waals surface area contributed by atoms with Crippen LogP contribution in [0.3, 0.4) is 0 Å². The molecule has 0 unspecified atom stereocenters. The van der Waals surface area contributed by atoms with E-state index in [9.17, 15) is 0 Å². The Morgan fingerprint density at radius 3 is 2.65 bits per heavy atom. The fraction of sp³-hybridized carbons (Fsp3) is 0.294. The zero-order valence-corrected chi connectivity index (χ0v) is 13.9. The highest BCUT2D eigenvalue weighted by Crippen LogP contribution is 2.30. The first-order valence-electron chi connectivity index (χ1n) is 6.97. The van der Waals surface area contributed by atoms with E-state index in [1.807, 2.05) is 11.8 Å². The number of hydrogen-bond acceptors (Lipinski definition) is 2. The van der Waals surface area contributed by atoms with Gasteiger partial charge in [0.1, 0.15) is 0 Å². The van der Waals surface area contributed by atoms with Crippen molar-refractivity contribution in [3.05, 3.63) is 58.1 Å². The third-order valence-electron chi connectivity index (χ3n) is 3.50. The Morgan fingerprint density at radius 1 is 1.15 bits per heavy atom. The van der Waals surface area contributed by atoms with Crippen molar-refractivity contribution >= 4 is 27.7 Å². The zero-order chi connectivity index (χ0) is 13.9. The summed E-state index contributed by atoms with van der Waals surface area (Å²) in [5.74, 6) is 0. The molecule has 0 saturated heterocycles. The minimum atomic E-state index is 0.769. The summed E-state index contributed by atoms with van der Waals surface area (Å²) in [5, 5.41) is 3.58. The van der Waals surface area contributed by atoms with E-state index >= 15 is 0 Å². The predicted octanol–water partition coefficient (Wildman–Crippen LogP) is 5.16. The summed E-state index contributed by atoms with van der Waals surface area (Å²) in [5.41, 5.74) is 2.79. The van der Waals surface area contributed by atoms with Crippen LogP contribution >= 0.6 is 27.7 Å². The average Bonchev–Trinajstić information content (AvgIpc) is 3.22. The normalized spacial score (nSPS) is 14.5. The van der Waals surface area contributed by atoms with Gasteiger partial charge in [-0.3, -0.25) is 0 Å². The standard InChI is InChI=1S/C17H18BrNS/c1-12-9-17(20-16-4-2-3-14(18)10-16)8-5-13(12)11-19-15-6-7-15/h2-5,8-10,15,19H,6-7,11H2,1H3. The lowest BCUT2D eigenvalue weighted by atomic mass is 10.1. The Bertz CT molecular complexity index is 608. The van der Waals surface area contributed by atoms with Gasteiger partial charge in [0.25, 0.3) is 0 Å². The van der Waals surface area contributed by atoms with Crippen LogP contribution in [0.1, 0.15) is 24.0 Å². The molecule has 1 aliphatic carbocycles. The van der Waals surface area contributed by atoms with Crippen molar-refractivity contribution in [2.24, 2.45) is 0 Å². The molecule has 3 heteroatoms. The summed E-state index contributed by atoms with van der Waals surface area (Å²) in [6.07, 6.45) is 2.69. The van der Waals surface area contributed by atoms with Gasteiger partial charge in [-0.05, 0) is 61.2 Å². The molecule has 2 aromatic carbocycles. The Balaban J connectivity index is 1.69. The third-order valence-corrected chi connectivity index (χ3v) is 4.98. The Labute approximate surface area is 133 Å². The van der Waals surface area contributed by atoms with Crippen LogP contribution in [0.25, 0.3) is 0 Å². The molecule has 3 rings (SSSR count). The van der Waals surface area contributed by atoms with Gasteiger partial charge in [0.05, 0.1) is 0 Å². The molecule has 104 valence electrons. The molecule has 1 saturated carbocycles. The predicted molar refractivity (Wildman–Crippen MR) is 89.3 cm³/mol. The van der Waals surface area contributed by atoms with Gasteiger partial charge in [-0.1, -0.05) is 39.8 Å². The van der Waals surface area contributed by atoms with E-state index in [0.717, 1.165) is 17.1 Å². The number of rotatable bonds is 5. The van der Waals surface area contributed by atoms with E-state index < -0.39 is 0 Å². The number of benzene rings is 2. The van der Waals surface area contributed by atoms with Crippen molar-refractivity contribution in [1.82, 2.24) is 5.32 Å². The highest BCUT2D eigenvalue weighted by Gasteiger charge is 2.20. The lowest BCUT2D eigenvalue weighted by Gasteiger charge is -2.09. The van der Waals surface area contributed by atoms with Gasteiger partial charge < -0.3 is 5.32 Å². The van der Waals surface area contributed by atoms with Gasteiger partial charge in [0.15, 0.2) is 0 Å². The molecule has 1 nitrogen and oxygen atoms in total. The van der Waals surface area contributed by atoms with Crippen molar-refractivity contribution in [3.8, 4) is 0 Å². The highest BCUT2D eigenvalue weighted by atomic mass is 79.9. The average molecular weight is 348 g/mol. The quantitative estimate of drug-likeness (QED) is 0.801. The van der Waals surface area contributed by atoms with E-state index in [1.165, 1.54) is 33.8 Å². The second-order valence-electron chi connectivity index (χ2n) is 5.30. The molecule has 2 aromatic rings. The summed E-state index contributed by atoms with van der Waals surface area (Å²) in [6, 6.07) is 16.0. The molecule has 0 bridgehead atoms. The van der Waals surface area contributed by atoms with Crippen LogP contribution in [-0.4, -0.2) is 6.04 Å². The Morgan fingerprint density at radius 2 is 1.95 bits per heavy atom. The number of nitrogens with one attached hydrogen (secondary N) is 1. The van der Waals surface area contributed by atoms with Gasteiger partial charge in [-0.25, -0.2) is 0 Å². The second-order valence-corrected chi connectivity index (χ2v) is 7.37. The molecule has 0 atom stereocenters. The molecular weight excluding hydrogens is 330 g/mol. The highest BCUT2D eigenvalue weighted by molar-refractivity contribution is 9.10. The molecule has 1 aliphatic rings. The minimum Gasteiger partial charge on any atom is -0.310 e. The fourth-order valence-corrected chi connectivity index (χ4v) is 3.67. The van der Waals surface area contributed by atoms with Crippen LogP contribution in [0.4, 0.5) is 0 Å². The van der Waals surface area contributed by atoms with Crippen LogP contribution in [0, 0.1) is 6.92 Å². The van der Waals surface area contributed by atoms with Gasteiger partial charge >= 0.3 is 0 Å². The van der Waals surface area contributed by atoms with Crippen LogP contribution in [0.2, 0.25) is 0 Å². The smallest absolute Gasteiger partial charge is 0.0210 e. The van der Waals surface area contributed by atoms with Gasteiger partial charge in [-0.2, -0.15) is 0 Å². The lowest BCUT2D eigenvalue weighted by molar-refractivity contribution is 0.685. The number of hydrogen-bond donors (Lipinski definition) is 1. The van der Waals surface area contributed by atoms with Crippen molar-refractivity contribution < 1.29 is 0 Å². The fourth-order valence-electron chi connectivity index (χ4n) is 2.14. The summed E-state index contributed by atoms with van der Waals surface area (Å²) in [7, 11) is 0. The van der Waals surface area contributed by atoms with Crippen LogP contribution in [-0.2, 0) is 6.54 Å². The maximum atomic E-state index is 3.58. The molecule has 0 aliphatic heterocycles. The van der Waals surface area contributed by atoms with E-state index in [4.69, 9.17) is 0 Å². The molecule has 0 amide bonds. The molecular formula is C17H18BrNS. The zero-order valence-electron chi connectivity index (χ0n) is 11.5. The summed E-state index contributed by atoms with van der Waals surface area (Å²) in [4.78, 5) is 2.57. The van der Waals surface area contributed by atoms with E-state index in [1.54, 1.807) is 0 Å². The van der Waals surface area contributed by atoms with Crippen molar-refractivity contribution in [3.63, 3.8) is 0 Å². The van der Waals surface area contributed by atoms with Crippen molar-refractivity contribution in [1.29, 1.82) is 0 Å². The van der Waals surface area contributed by atoms with E-state index in [-0.39, 0.29) is 0 Å². The lowest BCUT2D eigenvalue weighted by Crippen LogP contribution is -2.15. The Kier molecular flexibility index (Phi) is 4.49. The maximum Gasteiger partial charge on any atom is 0.0210 e. The van der Waals surface area contributed by atoms with Crippen molar-refractivity contribution in [2.45, 2.75) is 42.1 Å². The molecule has 0 aromatic heterocycles. The summed E-state index contributed by atoms with van der Waals surface area (Å²) < 4.78 is 1.13. The maximum absolute atomic E-state index is 3.58. The van der Waals surface area contributed by atoms with Crippen LogP contribution in [0.5, 0.6) is 0 Å². The monoisotopic (exact) mass is 347 g/mol. The molecule has 1 N–H and O–H groups in total. The SMILES string of the molecule is Cc1cc(Sc2cccc(Br)c2)ccc1CNC1CC1. The molecule has 1 fully saturated rings. The molecule has 20 heavy (non-hydrogen) atoms. The molecule has 0 spiro atoms. The van der Waals surface area contributed by atoms with Gasteiger partial charge in [-0.15, -0.1) is 0 Å². The van der Waals surface area contributed by atoms with Gasteiger partial charge in [0.2, 0.25) is 0 Å². The number of halogens is 1.